The second kappa shape index (κ2) is 10.7. The second-order valence-corrected chi connectivity index (χ2v) is 12.2. The van der Waals surface area contributed by atoms with Gasteiger partial charge in [-0.3, -0.25) is 4.79 Å². The summed E-state index contributed by atoms with van der Waals surface area (Å²) in [6, 6.07) is 20.3. The molecule has 4 rings (SSSR count). The largest absolute Gasteiger partial charge is 0.497 e. The maximum Gasteiger partial charge on any atom is 0.309 e. The number of carboxylic acid groups (broad SMARTS) is 1. The zero-order valence-electron chi connectivity index (χ0n) is 20.8. The van der Waals surface area contributed by atoms with Crippen molar-refractivity contribution in [2.75, 3.05) is 7.11 Å². The first kappa shape index (κ1) is 26.3. The Morgan fingerprint density at radius 1 is 0.944 bits per heavy atom. The molecule has 1 aliphatic heterocycles. The Morgan fingerprint density at radius 3 is 2.00 bits per heavy atom. The number of nitrogens with zero attached hydrogens (tertiary/aromatic N) is 1. The van der Waals surface area contributed by atoms with E-state index in [-0.39, 0.29) is 4.90 Å². The van der Waals surface area contributed by atoms with Crippen molar-refractivity contribution in [3.8, 4) is 5.75 Å². The Kier molecular flexibility index (Phi) is 7.78. The van der Waals surface area contributed by atoms with Crippen molar-refractivity contribution < 1.29 is 23.1 Å². The number of aryl methyl sites for hydroxylation is 2. The first-order valence-electron chi connectivity index (χ1n) is 11.9. The lowest BCUT2D eigenvalue weighted by molar-refractivity contribution is -0.142. The van der Waals surface area contributed by atoms with Crippen molar-refractivity contribution in [3.63, 3.8) is 0 Å². The molecule has 0 unspecified atom stereocenters. The third-order valence-corrected chi connectivity index (χ3v) is 10.1. The first-order valence-corrected chi connectivity index (χ1v) is 14.2. The van der Waals surface area contributed by atoms with Crippen molar-refractivity contribution in [1.29, 1.82) is 0 Å². The number of thioether (sulfide) groups is 1. The summed E-state index contributed by atoms with van der Waals surface area (Å²) in [7, 11) is -2.40. The number of carbonyl (C=O) groups is 1. The average Bonchev–Trinajstić information content (AvgIpc) is 3.20. The van der Waals surface area contributed by atoms with Crippen LogP contribution in [0.25, 0.3) is 0 Å². The number of sulfonamides is 1. The fourth-order valence-corrected chi connectivity index (χ4v) is 8.35. The zero-order valence-corrected chi connectivity index (χ0v) is 22.4. The molecule has 1 N–H and O–H groups in total. The highest BCUT2D eigenvalue weighted by Gasteiger charge is 2.57. The summed E-state index contributed by atoms with van der Waals surface area (Å²) in [4.78, 5) is 13.8. The number of aliphatic carboxylic acids is 1. The van der Waals surface area contributed by atoms with Gasteiger partial charge in [-0.05, 0) is 62.2 Å². The number of carboxylic acids is 1. The molecule has 8 heteroatoms. The van der Waals surface area contributed by atoms with Crippen molar-refractivity contribution in [1.82, 2.24) is 4.31 Å². The molecule has 0 aliphatic carbocycles. The van der Waals surface area contributed by atoms with E-state index in [1.54, 1.807) is 31.4 Å². The van der Waals surface area contributed by atoms with Crippen molar-refractivity contribution in [3.05, 3.63) is 89.5 Å². The van der Waals surface area contributed by atoms with Crippen LogP contribution in [0.3, 0.4) is 0 Å². The normalized spacial score (nSPS) is 22.4. The van der Waals surface area contributed by atoms with Crippen LogP contribution in [0, 0.1) is 19.8 Å². The highest BCUT2D eigenvalue weighted by molar-refractivity contribution is 8.00. The topological polar surface area (TPSA) is 83.9 Å². The Hall–Kier alpha value is -2.81. The van der Waals surface area contributed by atoms with Gasteiger partial charge in [-0.15, -0.1) is 11.8 Å². The molecular formula is C28H31NO5S2. The lowest BCUT2D eigenvalue weighted by Gasteiger charge is -2.30. The van der Waals surface area contributed by atoms with Gasteiger partial charge in [0, 0.05) is 16.2 Å². The summed E-state index contributed by atoms with van der Waals surface area (Å²) < 4.78 is 35.0. The standard InChI is InChI=1S/C28H31NO5S2/c1-5-24-27(35-22-14-12-21(34-4)13-15-22)25(28(30)31)26(20-10-6-18(2)7-11-20)29(24)36(32,33)23-16-8-19(3)9-17-23/h6-17,24-27H,5H2,1-4H3,(H,30,31)/t24-,25+,26+,27-/m1/s1. The number of hydrogen-bond acceptors (Lipinski definition) is 5. The molecule has 0 amide bonds. The average molecular weight is 526 g/mol. The summed E-state index contributed by atoms with van der Waals surface area (Å²) in [6.07, 6.45) is 0.477. The summed E-state index contributed by atoms with van der Waals surface area (Å²) >= 11 is 1.42. The van der Waals surface area contributed by atoms with Crippen LogP contribution in [0.15, 0.2) is 82.6 Å². The number of benzene rings is 3. The van der Waals surface area contributed by atoms with Crippen LogP contribution in [0.2, 0.25) is 0 Å². The predicted molar refractivity (Wildman–Crippen MR) is 142 cm³/mol. The minimum Gasteiger partial charge on any atom is -0.497 e. The van der Waals surface area contributed by atoms with Crippen LogP contribution in [-0.4, -0.2) is 42.2 Å². The van der Waals surface area contributed by atoms with E-state index in [1.807, 2.05) is 69.3 Å². The van der Waals surface area contributed by atoms with Crippen molar-refractivity contribution in [2.45, 2.75) is 54.3 Å². The van der Waals surface area contributed by atoms with Gasteiger partial charge in [0.1, 0.15) is 5.75 Å². The first-order chi connectivity index (χ1) is 17.2. The van der Waals surface area contributed by atoms with Gasteiger partial charge in [-0.1, -0.05) is 54.4 Å². The monoisotopic (exact) mass is 525 g/mol. The lowest BCUT2D eigenvalue weighted by Crippen LogP contribution is -2.39. The molecule has 1 saturated heterocycles. The number of rotatable bonds is 8. The van der Waals surface area contributed by atoms with Crippen LogP contribution < -0.4 is 4.74 Å². The van der Waals surface area contributed by atoms with E-state index in [2.05, 4.69) is 0 Å². The third kappa shape index (κ3) is 5.03. The molecule has 3 aromatic rings. The van der Waals surface area contributed by atoms with E-state index in [0.29, 0.717) is 17.7 Å². The van der Waals surface area contributed by atoms with Crippen LogP contribution in [0.4, 0.5) is 0 Å². The maximum atomic E-state index is 14.1. The molecule has 0 radical (unpaired) electrons. The highest BCUT2D eigenvalue weighted by atomic mass is 32.2. The van der Waals surface area contributed by atoms with Gasteiger partial charge in [-0.2, -0.15) is 4.31 Å². The van der Waals surface area contributed by atoms with Gasteiger partial charge in [0.2, 0.25) is 10.0 Å². The van der Waals surface area contributed by atoms with Gasteiger partial charge in [0.05, 0.1) is 24.0 Å². The molecule has 0 spiro atoms. The van der Waals surface area contributed by atoms with E-state index in [4.69, 9.17) is 4.74 Å². The molecule has 190 valence electrons. The smallest absolute Gasteiger partial charge is 0.309 e. The minimum atomic E-state index is -3.99. The van der Waals surface area contributed by atoms with Gasteiger partial charge in [-0.25, -0.2) is 8.42 Å². The molecule has 36 heavy (non-hydrogen) atoms. The summed E-state index contributed by atoms with van der Waals surface area (Å²) in [5, 5.41) is 9.99. The van der Waals surface area contributed by atoms with E-state index >= 15 is 0 Å². The summed E-state index contributed by atoms with van der Waals surface area (Å²) in [5.41, 5.74) is 2.65. The van der Waals surface area contributed by atoms with Gasteiger partial charge in [0.25, 0.3) is 0 Å². The molecule has 3 aromatic carbocycles. The van der Waals surface area contributed by atoms with E-state index in [9.17, 15) is 18.3 Å². The van der Waals surface area contributed by atoms with E-state index < -0.39 is 39.2 Å². The maximum absolute atomic E-state index is 14.1. The second-order valence-electron chi connectivity index (χ2n) is 9.10. The minimum absolute atomic E-state index is 0.169. The predicted octanol–water partition coefficient (Wildman–Crippen LogP) is 5.70. The third-order valence-electron chi connectivity index (χ3n) is 6.72. The van der Waals surface area contributed by atoms with Crippen molar-refractivity contribution in [2.24, 2.45) is 5.92 Å². The fourth-order valence-electron chi connectivity index (χ4n) is 4.86. The Bertz CT molecular complexity index is 1310. The van der Waals surface area contributed by atoms with Gasteiger partial charge in [0.15, 0.2) is 0 Å². The molecule has 1 aliphatic rings. The van der Waals surface area contributed by atoms with E-state index in [1.165, 1.54) is 16.1 Å². The quantitative estimate of drug-likeness (QED) is 0.406. The molecule has 0 bridgehead atoms. The van der Waals surface area contributed by atoms with Gasteiger partial charge >= 0.3 is 5.97 Å². The Balaban J connectivity index is 1.87. The van der Waals surface area contributed by atoms with Crippen LogP contribution in [0.5, 0.6) is 5.75 Å². The highest BCUT2D eigenvalue weighted by Crippen LogP contribution is 2.51. The molecule has 0 aromatic heterocycles. The molecule has 1 heterocycles. The molecule has 4 atom stereocenters. The summed E-state index contributed by atoms with van der Waals surface area (Å²) in [6.45, 7) is 5.77. The summed E-state index contributed by atoms with van der Waals surface area (Å²) in [5.74, 6) is -1.25. The molecule has 1 fully saturated rings. The van der Waals surface area contributed by atoms with Crippen LogP contribution in [-0.2, 0) is 14.8 Å². The molecule has 6 nitrogen and oxygen atoms in total. The Labute approximate surface area is 217 Å². The number of ether oxygens (including phenoxy) is 1. The van der Waals surface area contributed by atoms with Crippen LogP contribution in [0.1, 0.15) is 36.1 Å². The SMILES string of the molecule is CC[C@@H]1[C@@H](Sc2ccc(OC)cc2)[C@@H](C(=O)O)[C@H](c2ccc(C)cc2)N1S(=O)(=O)c1ccc(C)cc1. The zero-order chi connectivity index (χ0) is 26.0. The number of methoxy groups -OCH3 is 1. The molecular weight excluding hydrogens is 494 g/mol. The van der Waals surface area contributed by atoms with Crippen molar-refractivity contribution >= 4 is 27.8 Å². The molecule has 0 saturated carbocycles. The fraction of sp³-hybridized carbons (Fsp3) is 0.321. The lowest BCUT2D eigenvalue weighted by atomic mass is 9.92. The number of hydrogen-bond donors (Lipinski definition) is 1. The van der Waals surface area contributed by atoms with Crippen LogP contribution >= 0.6 is 11.8 Å². The Morgan fingerprint density at radius 2 is 1.50 bits per heavy atom. The van der Waals surface area contributed by atoms with E-state index in [0.717, 1.165) is 16.0 Å². The van der Waals surface area contributed by atoms with Gasteiger partial charge < -0.3 is 9.84 Å².